The summed E-state index contributed by atoms with van der Waals surface area (Å²) in [6, 6.07) is 4.88. The van der Waals surface area contributed by atoms with Crippen LogP contribution >= 0.6 is 11.6 Å². The van der Waals surface area contributed by atoms with Crippen LogP contribution in [0.2, 0.25) is 5.02 Å². The predicted octanol–water partition coefficient (Wildman–Crippen LogP) is 2.96. The van der Waals surface area contributed by atoms with E-state index >= 15 is 0 Å². The fourth-order valence-electron chi connectivity index (χ4n) is 3.13. The Bertz CT molecular complexity index is 690. The van der Waals surface area contributed by atoms with Crippen molar-refractivity contribution in [3.63, 3.8) is 0 Å². The van der Waals surface area contributed by atoms with Crippen molar-refractivity contribution >= 4 is 27.3 Å². The molecule has 0 unspecified atom stereocenters. The molecule has 1 aliphatic carbocycles. The number of halogens is 1. The highest BCUT2D eigenvalue weighted by molar-refractivity contribution is 7.91. The molecule has 2 rings (SSSR count). The largest absolute Gasteiger partial charge is 0.496 e. The third-order valence-electron chi connectivity index (χ3n) is 4.43. The monoisotopic (exact) mass is 373 g/mol. The van der Waals surface area contributed by atoms with E-state index in [1.807, 2.05) is 0 Å². The van der Waals surface area contributed by atoms with Gasteiger partial charge in [0.25, 0.3) is 0 Å². The van der Waals surface area contributed by atoms with Crippen molar-refractivity contribution in [2.24, 2.45) is 5.92 Å². The van der Waals surface area contributed by atoms with Crippen LogP contribution in [0.1, 0.15) is 38.2 Å². The van der Waals surface area contributed by atoms with Gasteiger partial charge < -0.3 is 10.1 Å². The van der Waals surface area contributed by atoms with Crippen LogP contribution in [-0.4, -0.2) is 33.2 Å². The molecule has 0 aliphatic heterocycles. The number of carbonyl (C=O) groups is 1. The first-order valence-corrected chi connectivity index (χ1v) is 10.3. The molecule has 2 atom stereocenters. The van der Waals surface area contributed by atoms with Crippen molar-refractivity contribution < 1.29 is 17.9 Å². The molecular formula is C17H24ClNO4S. The van der Waals surface area contributed by atoms with Crippen molar-refractivity contribution in [1.29, 1.82) is 0 Å². The summed E-state index contributed by atoms with van der Waals surface area (Å²) in [6.07, 6.45) is 4.22. The minimum atomic E-state index is -3.60. The molecule has 1 saturated carbocycles. The van der Waals surface area contributed by atoms with Gasteiger partial charge in [0.2, 0.25) is 5.91 Å². The van der Waals surface area contributed by atoms with Gasteiger partial charge in [-0.3, -0.25) is 4.79 Å². The van der Waals surface area contributed by atoms with Crippen LogP contribution in [0.25, 0.3) is 0 Å². The van der Waals surface area contributed by atoms with Crippen molar-refractivity contribution in [1.82, 2.24) is 5.32 Å². The predicted molar refractivity (Wildman–Crippen MR) is 95.1 cm³/mol. The number of rotatable bonds is 6. The molecule has 0 heterocycles. The molecule has 0 saturated heterocycles. The van der Waals surface area contributed by atoms with Gasteiger partial charge in [0.1, 0.15) is 11.5 Å². The van der Waals surface area contributed by atoms with E-state index in [1.165, 1.54) is 13.5 Å². The molecule has 1 aliphatic rings. The van der Waals surface area contributed by atoms with Crippen LogP contribution in [0, 0.1) is 5.92 Å². The van der Waals surface area contributed by atoms with E-state index in [4.69, 9.17) is 16.3 Å². The second-order valence-corrected chi connectivity index (χ2v) is 8.93. The van der Waals surface area contributed by atoms with Gasteiger partial charge in [-0.05, 0) is 37.0 Å². The first kappa shape index (κ1) is 19.1. The van der Waals surface area contributed by atoms with Crippen molar-refractivity contribution in [3.8, 4) is 5.75 Å². The summed E-state index contributed by atoms with van der Waals surface area (Å²) < 4.78 is 29.9. The van der Waals surface area contributed by atoms with Crippen molar-refractivity contribution in [3.05, 3.63) is 28.8 Å². The molecule has 1 N–H and O–H groups in total. The Morgan fingerprint density at radius 1 is 1.33 bits per heavy atom. The molecule has 1 fully saturated rings. The van der Waals surface area contributed by atoms with Crippen LogP contribution in [0.15, 0.2) is 18.2 Å². The number of hydrogen-bond donors (Lipinski definition) is 1. The topological polar surface area (TPSA) is 72.5 Å². The Balaban J connectivity index is 2.00. The van der Waals surface area contributed by atoms with Gasteiger partial charge in [0.05, 0.1) is 12.9 Å². The highest BCUT2D eigenvalue weighted by atomic mass is 35.5. The minimum Gasteiger partial charge on any atom is -0.496 e. The third kappa shape index (κ3) is 5.38. The van der Waals surface area contributed by atoms with E-state index in [0.29, 0.717) is 22.3 Å². The Morgan fingerprint density at radius 2 is 2.04 bits per heavy atom. The van der Waals surface area contributed by atoms with Gasteiger partial charge in [0, 0.05) is 16.6 Å². The van der Waals surface area contributed by atoms with E-state index in [1.54, 1.807) is 18.2 Å². The first-order valence-electron chi connectivity index (χ1n) is 8.13. The molecular weight excluding hydrogens is 350 g/mol. The number of sulfone groups is 1. The lowest BCUT2D eigenvalue weighted by Gasteiger charge is -2.29. The van der Waals surface area contributed by atoms with E-state index in [2.05, 4.69) is 12.2 Å². The molecule has 0 spiro atoms. The standard InChI is InChI=1S/C17H24ClNO4S/c1-12-5-3-4-6-15(12)19-17(20)11-24(21,22)10-13-9-14(18)7-8-16(13)23-2/h7-9,12,15H,3-6,10-11H2,1-2H3,(H,19,20)/t12-,15-/m0/s1. The minimum absolute atomic E-state index is 0.0714. The molecule has 1 aromatic carbocycles. The third-order valence-corrected chi connectivity index (χ3v) is 6.11. The van der Waals surface area contributed by atoms with E-state index in [0.717, 1.165) is 19.3 Å². The second-order valence-electron chi connectivity index (χ2n) is 6.42. The molecule has 1 amide bonds. The Hall–Kier alpha value is -1.27. The summed E-state index contributed by atoms with van der Waals surface area (Å²) in [5.41, 5.74) is 0.462. The zero-order valence-corrected chi connectivity index (χ0v) is 15.6. The maximum absolute atomic E-state index is 12.4. The van der Waals surface area contributed by atoms with Gasteiger partial charge >= 0.3 is 0 Å². The summed E-state index contributed by atoms with van der Waals surface area (Å²) in [7, 11) is -2.13. The SMILES string of the molecule is COc1ccc(Cl)cc1CS(=O)(=O)CC(=O)N[C@H]1CCCC[C@@H]1C. The van der Waals surface area contributed by atoms with E-state index in [9.17, 15) is 13.2 Å². The molecule has 5 nitrogen and oxygen atoms in total. The number of methoxy groups -OCH3 is 1. The van der Waals surface area contributed by atoms with Crippen molar-refractivity contribution in [2.45, 2.75) is 44.4 Å². The van der Waals surface area contributed by atoms with Crippen LogP contribution in [-0.2, 0) is 20.4 Å². The van der Waals surface area contributed by atoms with E-state index in [-0.39, 0.29) is 11.8 Å². The molecule has 0 bridgehead atoms. The zero-order valence-electron chi connectivity index (χ0n) is 14.0. The zero-order chi connectivity index (χ0) is 17.7. The number of amides is 1. The quantitative estimate of drug-likeness (QED) is 0.832. The smallest absolute Gasteiger partial charge is 0.235 e. The van der Waals surface area contributed by atoms with Gasteiger partial charge in [-0.15, -0.1) is 0 Å². The fraction of sp³-hybridized carbons (Fsp3) is 0.588. The van der Waals surface area contributed by atoms with Crippen LogP contribution < -0.4 is 10.1 Å². The number of benzene rings is 1. The number of ether oxygens (including phenoxy) is 1. The first-order chi connectivity index (χ1) is 11.3. The Labute approximate surface area is 148 Å². The molecule has 0 radical (unpaired) electrons. The summed E-state index contributed by atoms with van der Waals surface area (Å²) in [5.74, 6) is -0.395. The van der Waals surface area contributed by atoms with Gasteiger partial charge in [-0.2, -0.15) is 0 Å². The second kappa shape index (κ2) is 8.21. The average Bonchev–Trinajstić information content (AvgIpc) is 2.48. The molecule has 134 valence electrons. The van der Waals surface area contributed by atoms with Gasteiger partial charge in [-0.25, -0.2) is 8.42 Å². The molecule has 0 aromatic heterocycles. The number of nitrogens with one attached hydrogen (secondary N) is 1. The van der Waals surface area contributed by atoms with Crippen molar-refractivity contribution in [2.75, 3.05) is 12.9 Å². The average molecular weight is 374 g/mol. The molecule has 24 heavy (non-hydrogen) atoms. The fourth-order valence-corrected chi connectivity index (χ4v) is 4.61. The Morgan fingerprint density at radius 3 is 2.71 bits per heavy atom. The lowest BCUT2D eigenvalue weighted by molar-refractivity contribution is -0.119. The lowest BCUT2D eigenvalue weighted by Crippen LogP contribution is -2.43. The molecule has 1 aromatic rings. The highest BCUT2D eigenvalue weighted by Crippen LogP contribution is 2.25. The lowest BCUT2D eigenvalue weighted by atomic mass is 9.86. The van der Waals surface area contributed by atoms with Crippen LogP contribution in [0.4, 0.5) is 0 Å². The number of hydrogen-bond acceptors (Lipinski definition) is 4. The van der Waals surface area contributed by atoms with Crippen LogP contribution in [0.3, 0.4) is 0 Å². The molecule has 7 heteroatoms. The summed E-state index contributed by atoms with van der Waals surface area (Å²) in [6.45, 7) is 2.09. The summed E-state index contributed by atoms with van der Waals surface area (Å²) in [4.78, 5) is 12.1. The van der Waals surface area contributed by atoms with Gasteiger partial charge in [-0.1, -0.05) is 31.4 Å². The Kier molecular flexibility index (Phi) is 6.52. The highest BCUT2D eigenvalue weighted by Gasteiger charge is 2.25. The maximum atomic E-state index is 12.4. The van der Waals surface area contributed by atoms with Crippen LogP contribution in [0.5, 0.6) is 5.75 Å². The van der Waals surface area contributed by atoms with Gasteiger partial charge in [0.15, 0.2) is 9.84 Å². The summed E-state index contributed by atoms with van der Waals surface area (Å²) in [5, 5.41) is 3.31. The maximum Gasteiger partial charge on any atom is 0.235 e. The summed E-state index contributed by atoms with van der Waals surface area (Å²) >= 11 is 5.92. The normalized spacial score (nSPS) is 21.3. The van der Waals surface area contributed by atoms with E-state index < -0.39 is 21.5 Å². The number of carbonyl (C=O) groups excluding carboxylic acids is 1.